The molecule has 0 aromatic heterocycles. The maximum Gasteiger partial charge on any atom is 0.128 e. The van der Waals surface area contributed by atoms with Gasteiger partial charge in [0.25, 0.3) is 0 Å². The molecular weight excluding hydrogens is 653 g/mol. The maximum absolute atomic E-state index is 14.5. The van der Waals surface area contributed by atoms with E-state index in [1.165, 1.54) is 11.1 Å². The largest absolute Gasteiger partial charge is 0.395 e. The molecule has 0 heterocycles. The fraction of sp³-hybridized carbons (Fsp3) is 0.755. The molecular formula is C49H84O4. The zero-order valence-corrected chi connectivity index (χ0v) is 38.6. The lowest BCUT2D eigenvalue weighted by molar-refractivity contribution is -0.138. The monoisotopic (exact) mass is 737 g/mol. The quantitative estimate of drug-likeness (QED) is 0.196. The van der Waals surface area contributed by atoms with Gasteiger partial charge in [-0.2, -0.15) is 0 Å². The number of hydrogen-bond donors (Lipinski definition) is 4. The second kappa shape index (κ2) is 14.7. The Morgan fingerprint density at radius 3 is 0.736 bits per heavy atom. The summed E-state index contributed by atoms with van der Waals surface area (Å²) in [5.74, 6) is 0. The van der Waals surface area contributed by atoms with Crippen LogP contribution in [0.1, 0.15) is 210 Å². The van der Waals surface area contributed by atoms with E-state index in [1.54, 1.807) is 0 Å². The van der Waals surface area contributed by atoms with Crippen LogP contribution in [0.15, 0.2) is 24.3 Å². The van der Waals surface area contributed by atoms with Crippen LogP contribution >= 0.6 is 0 Å². The minimum atomic E-state index is -2.01. The van der Waals surface area contributed by atoms with Crippen molar-refractivity contribution in [2.24, 2.45) is 16.2 Å². The molecule has 304 valence electrons. The zero-order valence-electron chi connectivity index (χ0n) is 38.6. The maximum atomic E-state index is 14.5. The molecule has 0 unspecified atom stereocenters. The van der Waals surface area contributed by atoms with E-state index in [4.69, 9.17) is 0 Å². The first-order chi connectivity index (χ1) is 23.3. The Balaban J connectivity index is 3.67. The van der Waals surface area contributed by atoms with Crippen molar-refractivity contribution < 1.29 is 20.4 Å². The smallest absolute Gasteiger partial charge is 0.128 e. The average Bonchev–Trinajstić information content (AvgIpc) is 2.92. The fourth-order valence-electron chi connectivity index (χ4n) is 9.22. The van der Waals surface area contributed by atoms with Gasteiger partial charge >= 0.3 is 0 Å². The third-order valence-corrected chi connectivity index (χ3v) is 11.4. The molecule has 2 aromatic rings. The van der Waals surface area contributed by atoms with E-state index in [0.29, 0.717) is 11.1 Å². The normalized spacial score (nSPS) is 15.0. The van der Waals surface area contributed by atoms with E-state index >= 15 is 0 Å². The van der Waals surface area contributed by atoms with E-state index in [0.717, 1.165) is 35.1 Å². The van der Waals surface area contributed by atoms with Crippen molar-refractivity contribution >= 4 is 0 Å². The highest BCUT2D eigenvalue weighted by Crippen LogP contribution is 2.57. The molecule has 0 saturated heterocycles. The van der Waals surface area contributed by atoms with Crippen LogP contribution < -0.4 is 0 Å². The molecule has 2 aromatic carbocycles. The predicted octanol–water partition coefficient (Wildman–Crippen LogP) is 11.5. The van der Waals surface area contributed by atoms with Crippen LogP contribution in [-0.4, -0.2) is 40.2 Å². The van der Waals surface area contributed by atoms with E-state index in [1.807, 2.05) is 0 Å². The highest BCUT2D eigenvalue weighted by atomic mass is 16.3. The molecule has 0 atom stereocenters. The van der Waals surface area contributed by atoms with Crippen LogP contribution in [0.4, 0.5) is 0 Å². The summed E-state index contributed by atoms with van der Waals surface area (Å²) in [4.78, 5) is 0. The van der Waals surface area contributed by atoms with Crippen molar-refractivity contribution in [3.05, 3.63) is 68.8 Å². The van der Waals surface area contributed by atoms with Crippen molar-refractivity contribution in [2.45, 2.75) is 203 Å². The Labute approximate surface area is 327 Å². The Bertz CT molecular complexity index is 1390. The molecule has 0 aliphatic carbocycles. The molecule has 0 bridgehead atoms. The van der Waals surface area contributed by atoms with Gasteiger partial charge in [-0.05, 0) is 101 Å². The van der Waals surface area contributed by atoms with Crippen LogP contribution in [-0.2, 0) is 38.1 Å². The summed E-state index contributed by atoms with van der Waals surface area (Å²) in [6.45, 7) is 47.3. The van der Waals surface area contributed by atoms with Gasteiger partial charge in [0.1, 0.15) is 5.60 Å². The second-order valence-electron chi connectivity index (χ2n) is 24.6. The molecule has 0 spiro atoms. The minimum Gasteiger partial charge on any atom is -0.395 e. The summed E-state index contributed by atoms with van der Waals surface area (Å²) in [7, 11) is 0. The first kappa shape index (κ1) is 47.4. The van der Waals surface area contributed by atoms with Gasteiger partial charge in [-0.25, -0.2) is 0 Å². The first-order valence-corrected chi connectivity index (χ1v) is 20.2. The number of aliphatic hydroxyl groups excluding tert-OH is 3. The highest BCUT2D eigenvalue weighted by Gasteiger charge is 2.58. The lowest BCUT2D eigenvalue weighted by Gasteiger charge is -2.52. The molecule has 4 nitrogen and oxygen atoms in total. The molecule has 0 saturated carbocycles. The molecule has 0 aliphatic heterocycles. The SMILES string of the molecule is CC(C)(C)CC(C)(C)c1cc(C(C)(C)C)c(C(O)(c2c(C(C)(C)C)cc(C(C)(C)CC(C)(C)C)cc2C(C)(C)C)C(CO)(CO)CO)c(C(C)(C)C)c1. The molecule has 0 aliphatic rings. The molecule has 0 fully saturated rings. The predicted molar refractivity (Wildman–Crippen MR) is 229 cm³/mol. The molecule has 53 heavy (non-hydrogen) atoms. The summed E-state index contributed by atoms with van der Waals surface area (Å²) in [5, 5.41) is 49.2. The summed E-state index contributed by atoms with van der Waals surface area (Å²) in [6.07, 6.45) is 1.91. The zero-order chi connectivity index (χ0) is 42.0. The van der Waals surface area contributed by atoms with Gasteiger partial charge in [-0.1, -0.05) is 177 Å². The van der Waals surface area contributed by atoms with Gasteiger partial charge < -0.3 is 20.4 Å². The summed E-state index contributed by atoms with van der Waals surface area (Å²) >= 11 is 0. The van der Waals surface area contributed by atoms with Crippen LogP contribution in [0, 0.1) is 16.2 Å². The van der Waals surface area contributed by atoms with Gasteiger partial charge in [0, 0.05) is 0 Å². The molecule has 2 rings (SSSR count). The average molecular weight is 737 g/mol. The van der Waals surface area contributed by atoms with Crippen molar-refractivity contribution in [1.29, 1.82) is 0 Å². The topological polar surface area (TPSA) is 80.9 Å². The van der Waals surface area contributed by atoms with E-state index in [-0.39, 0.29) is 21.7 Å². The van der Waals surface area contributed by atoms with E-state index in [2.05, 4.69) is 177 Å². The number of rotatable bonds is 10. The molecule has 4 N–H and O–H groups in total. The van der Waals surface area contributed by atoms with Crippen molar-refractivity contribution in [3.8, 4) is 0 Å². The Morgan fingerprint density at radius 2 is 0.585 bits per heavy atom. The second-order valence-corrected chi connectivity index (χ2v) is 24.6. The van der Waals surface area contributed by atoms with Crippen LogP contribution in [0.5, 0.6) is 0 Å². The number of aliphatic hydroxyl groups is 4. The Kier molecular flexibility index (Phi) is 13.1. The number of benzene rings is 2. The Morgan fingerprint density at radius 1 is 0.377 bits per heavy atom. The summed E-state index contributed by atoms with van der Waals surface area (Å²) < 4.78 is 0. The van der Waals surface area contributed by atoms with E-state index in [9.17, 15) is 20.4 Å². The molecule has 0 radical (unpaired) electrons. The van der Waals surface area contributed by atoms with Crippen LogP contribution in [0.2, 0.25) is 0 Å². The lowest BCUT2D eigenvalue weighted by Crippen LogP contribution is -2.57. The van der Waals surface area contributed by atoms with Gasteiger partial charge in [-0.3, -0.25) is 0 Å². The number of hydrogen-bond acceptors (Lipinski definition) is 4. The van der Waals surface area contributed by atoms with Gasteiger partial charge in [0.05, 0.1) is 25.2 Å². The van der Waals surface area contributed by atoms with Crippen molar-refractivity contribution in [1.82, 2.24) is 0 Å². The van der Waals surface area contributed by atoms with Crippen LogP contribution in [0.25, 0.3) is 0 Å². The first-order valence-electron chi connectivity index (χ1n) is 20.2. The molecule has 4 heteroatoms. The highest BCUT2D eigenvalue weighted by molar-refractivity contribution is 5.61. The Hall–Kier alpha value is -1.72. The van der Waals surface area contributed by atoms with Crippen molar-refractivity contribution in [3.63, 3.8) is 0 Å². The lowest BCUT2D eigenvalue weighted by atomic mass is 9.55. The van der Waals surface area contributed by atoms with Crippen molar-refractivity contribution in [2.75, 3.05) is 19.8 Å². The van der Waals surface area contributed by atoms with Crippen LogP contribution in [0.3, 0.4) is 0 Å². The van der Waals surface area contributed by atoms with Gasteiger partial charge in [-0.15, -0.1) is 0 Å². The third kappa shape index (κ3) is 10.00. The standard InChI is InChI=1S/C49H84O4/c1-40(2,3)27-46(19,20)32-23-34(42(7,8)9)38(35(24-32)43(10,11)12)49(53,48(29-50,30-51)31-52)39-36(44(13,14)15)25-33(26-37(39)45(16,17)18)47(21,22)28-41(4,5)6/h23-26,50-53H,27-31H2,1-22H3. The van der Waals surface area contributed by atoms with Gasteiger partial charge in [0.15, 0.2) is 0 Å². The summed E-state index contributed by atoms with van der Waals surface area (Å²) in [6, 6.07) is 9.14. The fourth-order valence-corrected chi connectivity index (χ4v) is 9.22. The minimum absolute atomic E-state index is 0.0816. The van der Waals surface area contributed by atoms with E-state index < -0.39 is 52.5 Å². The molecule has 0 amide bonds. The summed E-state index contributed by atoms with van der Waals surface area (Å²) in [5.41, 5.74) is 1.80. The van der Waals surface area contributed by atoms with Gasteiger partial charge in [0.2, 0.25) is 0 Å². The third-order valence-electron chi connectivity index (χ3n) is 11.4.